The molecule has 0 spiro atoms. The van der Waals surface area contributed by atoms with E-state index in [0.29, 0.717) is 23.3 Å². The molecule has 0 atom stereocenters. The van der Waals surface area contributed by atoms with Gasteiger partial charge >= 0.3 is 0 Å². The van der Waals surface area contributed by atoms with Crippen LogP contribution in [-0.4, -0.2) is 40.3 Å². The fourth-order valence-corrected chi connectivity index (χ4v) is 2.83. The number of carbonyl (C=O) groups is 1. The second-order valence-corrected chi connectivity index (χ2v) is 5.58. The van der Waals surface area contributed by atoms with E-state index in [0.717, 1.165) is 13.1 Å². The monoisotopic (exact) mass is 285 g/mol. The first-order valence-corrected chi connectivity index (χ1v) is 7.44. The Hall–Kier alpha value is -2.01. The molecule has 2 aromatic rings. The zero-order chi connectivity index (χ0) is 14.7. The maximum absolute atomic E-state index is 12.1. The van der Waals surface area contributed by atoms with Gasteiger partial charge in [-0.15, -0.1) is 0 Å². The van der Waals surface area contributed by atoms with Crippen molar-refractivity contribution in [3.8, 4) is 0 Å². The van der Waals surface area contributed by atoms with Crippen molar-refractivity contribution in [3.63, 3.8) is 0 Å². The quantitative estimate of drug-likeness (QED) is 0.925. The number of nitrogens with zero attached hydrogens (tertiary/aromatic N) is 2. The summed E-state index contributed by atoms with van der Waals surface area (Å²) in [5.41, 5.74) is 0.461. The highest BCUT2D eigenvalue weighted by Gasteiger charge is 2.15. The number of likely N-dealkylation sites (tertiary alicyclic amines) is 1. The van der Waals surface area contributed by atoms with Crippen molar-refractivity contribution in [2.75, 3.05) is 19.6 Å². The van der Waals surface area contributed by atoms with Crippen molar-refractivity contribution in [2.45, 2.75) is 25.7 Å². The Balaban J connectivity index is 1.72. The van der Waals surface area contributed by atoms with Gasteiger partial charge in [0.05, 0.1) is 23.9 Å². The highest BCUT2D eigenvalue weighted by molar-refractivity contribution is 5.83. The molecular formula is C16H19N3O2. The summed E-state index contributed by atoms with van der Waals surface area (Å²) in [6.45, 7) is 2.44. The van der Waals surface area contributed by atoms with Gasteiger partial charge in [0.25, 0.3) is 5.56 Å². The van der Waals surface area contributed by atoms with Gasteiger partial charge < -0.3 is 4.98 Å². The van der Waals surface area contributed by atoms with Gasteiger partial charge in [-0.25, -0.2) is 4.98 Å². The minimum absolute atomic E-state index is 0.107. The summed E-state index contributed by atoms with van der Waals surface area (Å²) < 4.78 is 0. The number of benzene rings is 1. The molecule has 0 aliphatic carbocycles. The minimum Gasteiger partial charge on any atom is -0.310 e. The molecule has 0 radical (unpaired) electrons. The molecule has 1 saturated heterocycles. The molecule has 21 heavy (non-hydrogen) atoms. The predicted molar refractivity (Wildman–Crippen MR) is 81.4 cm³/mol. The van der Waals surface area contributed by atoms with Gasteiger partial charge in [-0.2, -0.15) is 0 Å². The Morgan fingerprint density at radius 1 is 1.19 bits per heavy atom. The average molecular weight is 285 g/mol. The van der Waals surface area contributed by atoms with E-state index in [9.17, 15) is 9.59 Å². The summed E-state index contributed by atoms with van der Waals surface area (Å²) in [6, 6.07) is 7.18. The van der Waals surface area contributed by atoms with Crippen molar-refractivity contribution >= 4 is 16.7 Å². The fraction of sp³-hybridized carbons (Fsp3) is 0.438. The smallest absolute Gasteiger partial charge is 0.258 e. The molecule has 1 N–H and O–H groups in total. The Bertz CT molecular complexity index is 702. The molecule has 0 unspecified atom stereocenters. The number of nitrogens with one attached hydrogen (secondary N) is 1. The topological polar surface area (TPSA) is 66.1 Å². The zero-order valence-electron chi connectivity index (χ0n) is 12.0. The summed E-state index contributed by atoms with van der Waals surface area (Å²) in [5.74, 6) is 0.566. The van der Waals surface area contributed by atoms with Gasteiger partial charge in [-0.1, -0.05) is 18.6 Å². The number of Topliss-reactive ketones (excluding diaryl/α,β-unsaturated/α-hetero) is 1. The van der Waals surface area contributed by atoms with Gasteiger partial charge in [0.2, 0.25) is 0 Å². The number of fused-ring (bicyclic) bond motifs is 1. The summed E-state index contributed by atoms with van der Waals surface area (Å²) in [7, 11) is 0. The maximum Gasteiger partial charge on any atom is 0.258 e. The molecule has 0 bridgehead atoms. The van der Waals surface area contributed by atoms with E-state index < -0.39 is 0 Å². The number of hydrogen-bond donors (Lipinski definition) is 1. The highest BCUT2D eigenvalue weighted by atomic mass is 16.1. The molecule has 1 aliphatic heterocycles. The Morgan fingerprint density at radius 3 is 2.76 bits per heavy atom. The first-order chi connectivity index (χ1) is 10.2. The maximum atomic E-state index is 12.1. The standard InChI is InChI=1S/C16H19N3O2/c20-12(11-19-8-4-1-5-9-19)10-15-17-14-7-3-2-6-13(14)16(21)18-15/h2-3,6-7H,1,4-5,8-11H2,(H,17,18,21). The molecule has 1 fully saturated rings. The minimum atomic E-state index is -0.179. The Morgan fingerprint density at radius 2 is 1.95 bits per heavy atom. The van der Waals surface area contributed by atoms with Crippen LogP contribution in [0.25, 0.3) is 10.9 Å². The van der Waals surface area contributed by atoms with Crippen LogP contribution in [0.4, 0.5) is 0 Å². The zero-order valence-corrected chi connectivity index (χ0v) is 12.0. The fourth-order valence-electron chi connectivity index (χ4n) is 2.83. The van der Waals surface area contributed by atoms with Crippen LogP contribution in [0.2, 0.25) is 0 Å². The molecule has 0 saturated carbocycles. The first kappa shape index (κ1) is 13.9. The largest absolute Gasteiger partial charge is 0.310 e. The lowest BCUT2D eigenvalue weighted by Crippen LogP contribution is -2.35. The lowest BCUT2D eigenvalue weighted by atomic mass is 10.1. The summed E-state index contributed by atoms with van der Waals surface area (Å²) in [6.07, 6.45) is 3.78. The second-order valence-electron chi connectivity index (χ2n) is 5.58. The lowest BCUT2D eigenvalue weighted by Gasteiger charge is -2.25. The van der Waals surface area contributed by atoms with E-state index in [1.54, 1.807) is 18.2 Å². The number of para-hydroxylation sites is 1. The van der Waals surface area contributed by atoms with Crippen molar-refractivity contribution < 1.29 is 4.79 Å². The Labute approximate surface area is 123 Å². The molecule has 1 aromatic carbocycles. The van der Waals surface area contributed by atoms with Gasteiger partial charge in [-0.3, -0.25) is 14.5 Å². The van der Waals surface area contributed by atoms with E-state index in [4.69, 9.17) is 0 Å². The van der Waals surface area contributed by atoms with Crippen molar-refractivity contribution in [2.24, 2.45) is 0 Å². The van der Waals surface area contributed by atoms with Crippen LogP contribution in [0, 0.1) is 0 Å². The number of H-pyrrole nitrogens is 1. The first-order valence-electron chi connectivity index (χ1n) is 7.44. The molecule has 2 heterocycles. The molecule has 5 heteroatoms. The van der Waals surface area contributed by atoms with Crippen LogP contribution in [0.1, 0.15) is 25.1 Å². The highest BCUT2D eigenvalue weighted by Crippen LogP contribution is 2.09. The van der Waals surface area contributed by atoms with E-state index in [1.807, 2.05) is 6.07 Å². The third-order valence-electron chi connectivity index (χ3n) is 3.88. The number of ketones is 1. The van der Waals surface area contributed by atoms with Crippen molar-refractivity contribution in [1.82, 2.24) is 14.9 Å². The van der Waals surface area contributed by atoms with Crippen LogP contribution in [0.3, 0.4) is 0 Å². The third-order valence-corrected chi connectivity index (χ3v) is 3.88. The van der Waals surface area contributed by atoms with E-state index >= 15 is 0 Å². The van der Waals surface area contributed by atoms with Crippen LogP contribution in [0.15, 0.2) is 29.1 Å². The number of aromatic nitrogens is 2. The van der Waals surface area contributed by atoms with Gasteiger partial charge in [0, 0.05) is 0 Å². The summed E-state index contributed by atoms with van der Waals surface area (Å²) in [4.78, 5) is 33.4. The molecule has 0 amide bonds. The van der Waals surface area contributed by atoms with Crippen LogP contribution < -0.4 is 5.56 Å². The van der Waals surface area contributed by atoms with Crippen LogP contribution in [-0.2, 0) is 11.2 Å². The van der Waals surface area contributed by atoms with Crippen LogP contribution in [0.5, 0.6) is 0 Å². The van der Waals surface area contributed by atoms with E-state index in [2.05, 4.69) is 14.9 Å². The number of aromatic amines is 1. The van der Waals surface area contributed by atoms with Gasteiger partial charge in [0.1, 0.15) is 5.82 Å². The molecule has 5 nitrogen and oxygen atoms in total. The molecule has 110 valence electrons. The second kappa shape index (κ2) is 6.18. The van der Waals surface area contributed by atoms with Crippen molar-refractivity contribution in [1.29, 1.82) is 0 Å². The number of piperidine rings is 1. The third kappa shape index (κ3) is 3.36. The average Bonchev–Trinajstić information content (AvgIpc) is 2.48. The summed E-state index contributed by atoms with van der Waals surface area (Å²) >= 11 is 0. The molecule has 1 aliphatic rings. The Kier molecular flexibility index (Phi) is 4.10. The van der Waals surface area contributed by atoms with Gasteiger partial charge in [0.15, 0.2) is 5.78 Å². The number of hydrogen-bond acceptors (Lipinski definition) is 4. The van der Waals surface area contributed by atoms with Crippen molar-refractivity contribution in [3.05, 3.63) is 40.4 Å². The van der Waals surface area contributed by atoms with E-state index in [-0.39, 0.29) is 17.8 Å². The SMILES string of the molecule is O=C(Cc1nc2ccccc2c(=O)[nH]1)CN1CCCCC1. The van der Waals surface area contributed by atoms with Gasteiger partial charge in [-0.05, 0) is 38.1 Å². The lowest BCUT2D eigenvalue weighted by molar-refractivity contribution is -0.119. The number of rotatable bonds is 4. The van der Waals surface area contributed by atoms with Crippen LogP contribution >= 0.6 is 0 Å². The predicted octanol–water partition coefficient (Wildman–Crippen LogP) is 1.52. The molecule has 3 rings (SSSR count). The molecular weight excluding hydrogens is 266 g/mol. The molecule has 1 aromatic heterocycles. The number of carbonyl (C=O) groups excluding carboxylic acids is 1. The normalized spacial score (nSPS) is 16.2. The summed E-state index contributed by atoms with van der Waals surface area (Å²) in [5, 5.41) is 0.560. The van der Waals surface area contributed by atoms with E-state index in [1.165, 1.54) is 19.3 Å².